The molecule has 0 aromatic heterocycles. The fourth-order valence-electron chi connectivity index (χ4n) is 1.83. The molecular weight excluding hydrogens is 278 g/mol. The third-order valence-corrected chi connectivity index (χ3v) is 2.87. The first-order valence-electron chi connectivity index (χ1n) is 6.17. The molecule has 0 fully saturated rings. The van der Waals surface area contributed by atoms with Gasteiger partial charge in [-0.2, -0.15) is 0 Å². The second kappa shape index (κ2) is 6.21. The van der Waals surface area contributed by atoms with E-state index in [1.165, 1.54) is 13.2 Å². The smallest absolute Gasteiger partial charge is 0.228 e. The summed E-state index contributed by atoms with van der Waals surface area (Å²) in [7, 11) is 1.47. The Balaban J connectivity index is 2.06. The summed E-state index contributed by atoms with van der Waals surface area (Å²) in [5.41, 5.74) is 7.02. The summed E-state index contributed by atoms with van der Waals surface area (Å²) in [4.78, 5) is 11.9. The van der Waals surface area contributed by atoms with Gasteiger partial charge in [-0.05, 0) is 29.8 Å². The van der Waals surface area contributed by atoms with Gasteiger partial charge in [0, 0.05) is 11.8 Å². The van der Waals surface area contributed by atoms with Crippen LogP contribution in [0.1, 0.15) is 5.56 Å². The molecule has 0 atom stereocenters. The maximum atomic E-state index is 13.1. The lowest BCUT2D eigenvalue weighted by atomic mass is 10.1. The minimum Gasteiger partial charge on any atom is -0.495 e. The summed E-state index contributed by atoms with van der Waals surface area (Å²) < 4.78 is 30.9. The largest absolute Gasteiger partial charge is 0.495 e. The lowest BCUT2D eigenvalue weighted by Gasteiger charge is -2.09. The summed E-state index contributed by atoms with van der Waals surface area (Å²) in [6, 6.07) is 8.16. The van der Waals surface area contributed by atoms with Crippen LogP contribution in [0.3, 0.4) is 0 Å². The summed E-state index contributed by atoms with van der Waals surface area (Å²) >= 11 is 0. The van der Waals surface area contributed by atoms with Crippen molar-refractivity contribution in [3.05, 3.63) is 53.6 Å². The fourth-order valence-corrected chi connectivity index (χ4v) is 1.83. The van der Waals surface area contributed by atoms with E-state index in [9.17, 15) is 13.6 Å². The summed E-state index contributed by atoms with van der Waals surface area (Å²) in [5, 5.41) is 2.64. The predicted octanol–water partition coefficient (Wildman–Crippen LogP) is 2.74. The number of methoxy groups -OCH3 is 1. The Hall–Kier alpha value is -2.63. The number of halogens is 2. The highest BCUT2D eigenvalue weighted by Gasteiger charge is 2.09. The highest BCUT2D eigenvalue weighted by molar-refractivity contribution is 5.92. The minimum absolute atomic E-state index is 0.0656. The molecule has 3 N–H and O–H groups in total. The molecule has 0 radical (unpaired) electrons. The quantitative estimate of drug-likeness (QED) is 0.852. The van der Waals surface area contributed by atoms with Gasteiger partial charge in [0.1, 0.15) is 5.75 Å². The molecule has 0 saturated carbocycles. The molecule has 110 valence electrons. The van der Waals surface area contributed by atoms with Gasteiger partial charge in [0.15, 0.2) is 11.6 Å². The minimum atomic E-state index is -0.977. The number of benzene rings is 2. The third-order valence-electron chi connectivity index (χ3n) is 2.87. The monoisotopic (exact) mass is 292 g/mol. The molecule has 2 rings (SSSR count). The molecule has 0 aliphatic carbocycles. The van der Waals surface area contributed by atoms with Crippen LogP contribution in [0.4, 0.5) is 20.2 Å². The molecule has 0 spiro atoms. The molecule has 2 aromatic rings. The predicted molar refractivity (Wildman–Crippen MR) is 76.1 cm³/mol. The van der Waals surface area contributed by atoms with Crippen LogP contribution in [0.2, 0.25) is 0 Å². The Morgan fingerprint density at radius 2 is 1.95 bits per heavy atom. The fraction of sp³-hybridized carbons (Fsp3) is 0.133. The van der Waals surface area contributed by atoms with Crippen LogP contribution >= 0.6 is 0 Å². The van der Waals surface area contributed by atoms with Gasteiger partial charge >= 0.3 is 0 Å². The van der Waals surface area contributed by atoms with Crippen molar-refractivity contribution in [3.8, 4) is 5.75 Å². The lowest BCUT2D eigenvalue weighted by Crippen LogP contribution is -2.14. The van der Waals surface area contributed by atoms with Crippen molar-refractivity contribution in [1.82, 2.24) is 0 Å². The van der Waals surface area contributed by atoms with E-state index in [2.05, 4.69) is 5.32 Å². The van der Waals surface area contributed by atoms with E-state index in [-0.39, 0.29) is 12.3 Å². The topological polar surface area (TPSA) is 64.3 Å². The summed E-state index contributed by atoms with van der Waals surface area (Å²) in [5.74, 6) is -1.83. The number of nitrogens with one attached hydrogen (secondary N) is 1. The summed E-state index contributed by atoms with van der Waals surface area (Å²) in [6.07, 6.45) is -0.0656. The van der Waals surface area contributed by atoms with Crippen molar-refractivity contribution >= 4 is 17.3 Å². The van der Waals surface area contributed by atoms with Gasteiger partial charge in [0.05, 0.1) is 19.2 Å². The van der Waals surface area contributed by atoms with Crippen LogP contribution in [0.5, 0.6) is 5.75 Å². The first kappa shape index (κ1) is 14.8. The number of anilines is 2. The van der Waals surface area contributed by atoms with Crippen LogP contribution in [0, 0.1) is 11.6 Å². The number of carbonyl (C=O) groups is 1. The average Bonchev–Trinajstić information content (AvgIpc) is 2.45. The molecule has 0 aliphatic heterocycles. The lowest BCUT2D eigenvalue weighted by molar-refractivity contribution is -0.115. The van der Waals surface area contributed by atoms with Gasteiger partial charge < -0.3 is 15.8 Å². The summed E-state index contributed by atoms with van der Waals surface area (Å²) in [6.45, 7) is 0. The second-order valence-corrected chi connectivity index (χ2v) is 4.43. The highest BCUT2D eigenvalue weighted by Crippen LogP contribution is 2.25. The van der Waals surface area contributed by atoms with Crippen molar-refractivity contribution in [2.45, 2.75) is 6.42 Å². The molecule has 0 heterocycles. The van der Waals surface area contributed by atoms with Crippen molar-refractivity contribution in [1.29, 1.82) is 0 Å². The van der Waals surface area contributed by atoms with Crippen LogP contribution in [0.25, 0.3) is 0 Å². The second-order valence-electron chi connectivity index (χ2n) is 4.43. The van der Waals surface area contributed by atoms with E-state index >= 15 is 0 Å². The van der Waals surface area contributed by atoms with Crippen molar-refractivity contribution in [2.75, 3.05) is 18.2 Å². The Labute approximate surface area is 120 Å². The van der Waals surface area contributed by atoms with E-state index < -0.39 is 11.6 Å². The van der Waals surface area contributed by atoms with Crippen molar-refractivity contribution < 1.29 is 18.3 Å². The average molecular weight is 292 g/mol. The molecule has 21 heavy (non-hydrogen) atoms. The maximum absolute atomic E-state index is 13.1. The number of nitrogen functional groups attached to an aromatic ring is 1. The first-order chi connectivity index (χ1) is 9.99. The number of ether oxygens (including phenoxy) is 1. The van der Waals surface area contributed by atoms with E-state index in [1.54, 1.807) is 18.2 Å². The highest BCUT2D eigenvalue weighted by atomic mass is 19.2. The zero-order valence-electron chi connectivity index (χ0n) is 11.3. The molecule has 6 heteroatoms. The van der Waals surface area contributed by atoms with E-state index in [0.29, 0.717) is 22.7 Å². The molecule has 0 bridgehead atoms. The zero-order chi connectivity index (χ0) is 15.4. The molecule has 0 unspecified atom stereocenters. The van der Waals surface area contributed by atoms with Gasteiger partial charge in [-0.25, -0.2) is 8.78 Å². The standard InChI is InChI=1S/C15H14F2N2O2/c1-21-14-8-10(3-5-13(14)18)19-15(20)7-9-2-4-11(16)12(17)6-9/h2-6,8H,7,18H2,1H3,(H,19,20). The van der Waals surface area contributed by atoms with Crippen LogP contribution in [0.15, 0.2) is 36.4 Å². The first-order valence-corrected chi connectivity index (χ1v) is 6.17. The van der Waals surface area contributed by atoms with Gasteiger partial charge in [-0.1, -0.05) is 6.07 Å². The van der Waals surface area contributed by atoms with E-state index in [0.717, 1.165) is 12.1 Å². The number of nitrogens with two attached hydrogens (primary N) is 1. The van der Waals surface area contributed by atoms with Gasteiger partial charge in [0.2, 0.25) is 5.91 Å². The Morgan fingerprint density at radius 3 is 2.62 bits per heavy atom. The van der Waals surface area contributed by atoms with Crippen LogP contribution in [-0.4, -0.2) is 13.0 Å². The van der Waals surface area contributed by atoms with Gasteiger partial charge in [-0.15, -0.1) is 0 Å². The zero-order valence-corrected chi connectivity index (χ0v) is 11.3. The third kappa shape index (κ3) is 3.68. The van der Waals surface area contributed by atoms with E-state index in [4.69, 9.17) is 10.5 Å². The maximum Gasteiger partial charge on any atom is 0.228 e. The Morgan fingerprint density at radius 1 is 1.19 bits per heavy atom. The van der Waals surface area contributed by atoms with Crippen LogP contribution < -0.4 is 15.8 Å². The van der Waals surface area contributed by atoms with Crippen molar-refractivity contribution in [2.24, 2.45) is 0 Å². The Kier molecular flexibility index (Phi) is 4.37. The molecular formula is C15H14F2N2O2. The van der Waals surface area contributed by atoms with E-state index in [1.807, 2.05) is 0 Å². The van der Waals surface area contributed by atoms with Gasteiger partial charge in [-0.3, -0.25) is 4.79 Å². The van der Waals surface area contributed by atoms with Crippen molar-refractivity contribution in [3.63, 3.8) is 0 Å². The van der Waals surface area contributed by atoms with Crippen LogP contribution in [-0.2, 0) is 11.2 Å². The number of carbonyl (C=O) groups excluding carboxylic acids is 1. The normalized spacial score (nSPS) is 10.2. The molecule has 0 aliphatic rings. The molecule has 0 saturated heterocycles. The molecule has 1 amide bonds. The SMILES string of the molecule is COc1cc(NC(=O)Cc2ccc(F)c(F)c2)ccc1N. The molecule has 2 aromatic carbocycles. The molecule has 4 nitrogen and oxygen atoms in total. The number of hydrogen-bond acceptors (Lipinski definition) is 3. The Bertz CT molecular complexity index is 675. The number of amides is 1. The number of hydrogen-bond donors (Lipinski definition) is 2. The van der Waals surface area contributed by atoms with Gasteiger partial charge in [0.25, 0.3) is 0 Å². The number of rotatable bonds is 4.